The Balaban J connectivity index is 1.83. The van der Waals surface area contributed by atoms with Crippen LogP contribution in [0.5, 0.6) is 0 Å². The number of nitriles is 1. The van der Waals surface area contributed by atoms with Crippen molar-refractivity contribution in [2.45, 2.75) is 29.5 Å². The van der Waals surface area contributed by atoms with E-state index in [2.05, 4.69) is 21.0 Å². The molecule has 0 radical (unpaired) electrons. The minimum absolute atomic E-state index is 0.0765. The number of carbonyl (C=O) groups excluding carboxylic acids is 2. The van der Waals surface area contributed by atoms with Crippen molar-refractivity contribution in [3.05, 3.63) is 56.5 Å². The number of esters is 1. The van der Waals surface area contributed by atoms with Gasteiger partial charge < -0.3 is 10.5 Å². The number of rotatable bonds is 5. The summed E-state index contributed by atoms with van der Waals surface area (Å²) in [5, 5.41) is 19.4. The Morgan fingerprint density at radius 2 is 2.18 bits per heavy atom. The van der Waals surface area contributed by atoms with E-state index in [1.165, 1.54) is 30.2 Å². The number of nitrogens with two attached hydrogens (primary N) is 1. The van der Waals surface area contributed by atoms with Crippen LogP contribution in [-0.4, -0.2) is 34.8 Å². The van der Waals surface area contributed by atoms with Gasteiger partial charge in [-0.25, -0.2) is 0 Å². The molecule has 170 valence electrons. The summed E-state index contributed by atoms with van der Waals surface area (Å²) in [7, 11) is 1.31. The van der Waals surface area contributed by atoms with E-state index >= 15 is 0 Å². The van der Waals surface area contributed by atoms with Crippen molar-refractivity contribution < 1.29 is 14.3 Å². The SMILES string of the molecule is COC(=O)CSc1nnc(N2C(N)=C(C#N)C(c3cccc(Cl)c3Cl)C3=C2CCCC3=O)s1. The van der Waals surface area contributed by atoms with Crippen LogP contribution in [0.15, 0.2) is 45.2 Å². The molecule has 8 nitrogen and oxygen atoms in total. The van der Waals surface area contributed by atoms with Gasteiger partial charge in [-0.3, -0.25) is 14.5 Å². The minimum Gasteiger partial charge on any atom is -0.468 e. The summed E-state index contributed by atoms with van der Waals surface area (Å²) in [6.45, 7) is 0. The standard InChI is InChI=1S/C21H17Cl2N5O3S2/c1-31-15(30)9-32-21-27-26-20(33-21)28-13-6-3-7-14(29)17(13)16(11(8-24)19(28)25)10-4-2-5-12(22)18(10)23/h2,4-5,16H,3,6-7,9,25H2,1H3. The number of ether oxygens (including phenoxy) is 1. The average Bonchev–Trinajstić information content (AvgIpc) is 3.27. The van der Waals surface area contributed by atoms with E-state index in [0.29, 0.717) is 50.6 Å². The number of ketones is 1. The Labute approximate surface area is 208 Å². The quantitative estimate of drug-likeness (QED) is 0.449. The van der Waals surface area contributed by atoms with Crippen molar-refractivity contribution in [1.82, 2.24) is 10.2 Å². The molecule has 33 heavy (non-hydrogen) atoms. The number of benzene rings is 1. The highest BCUT2D eigenvalue weighted by molar-refractivity contribution is 8.01. The first-order chi connectivity index (χ1) is 15.9. The Bertz CT molecular complexity index is 1250. The maximum Gasteiger partial charge on any atom is 0.316 e. The Morgan fingerprint density at radius 3 is 2.91 bits per heavy atom. The summed E-state index contributed by atoms with van der Waals surface area (Å²) in [6.07, 6.45) is 1.57. The van der Waals surface area contributed by atoms with Crippen molar-refractivity contribution >= 4 is 63.2 Å². The molecule has 1 aromatic carbocycles. The van der Waals surface area contributed by atoms with Crippen LogP contribution in [0.4, 0.5) is 5.13 Å². The van der Waals surface area contributed by atoms with Gasteiger partial charge in [-0.15, -0.1) is 10.2 Å². The van der Waals surface area contributed by atoms with Gasteiger partial charge in [0.25, 0.3) is 0 Å². The number of methoxy groups -OCH3 is 1. The van der Waals surface area contributed by atoms with E-state index in [1.54, 1.807) is 23.1 Å². The Hall–Kier alpha value is -2.58. The number of allylic oxidation sites excluding steroid dienone is 3. The molecule has 0 saturated heterocycles. The van der Waals surface area contributed by atoms with Crippen molar-refractivity contribution in [2.24, 2.45) is 5.73 Å². The highest BCUT2D eigenvalue weighted by Gasteiger charge is 2.42. The molecular formula is C21H17Cl2N5O3S2. The Morgan fingerprint density at radius 1 is 1.39 bits per heavy atom. The number of halogens is 2. The number of hydrogen-bond acceptors (Lipinski definition) is 10. The van der Waals surface area contributed by atoms with Gasteiger partial charge in [0.1, 0.15) is 5.82 Å². The summed E-state index contributed by atoms with van der Waals surface area (Å²) >= 11 is 15.1. The predicted octanol–water partition coefficient (Wildman–Crippen LogP) is 4.41. The van der Waals surface area contributed by atoms with Gasteiger partial charge >= 0.3 is 5.97 Å². The number of aromatic nitrogens is 2. The van der Waals surface area contributed by atoms with Gasteiger partial charge in [-0.05, 0) is 24.5 Å². The number of Topliss-reactive ketones (excluding diaryl/α,β-unsaturated/α-hetero) is 1. The lowest BCUT2D eigenvalue weighted by Gasteiger charge is -2.38. The molecule has 1 unspecified atom stereocenters. The van der Waals surface area contributed by atoms with Crippen LogP contribution in [0, 0.1) is 11.3 Å². The Kier molecular flexibility index (Phi) is 6.95. The van der Waals surface area contributed by atoms with Crippen LogP contribution in [0.2, 0.25) is 10.0 Å². The first kappa shape index (κ1) is 23.6. The average molecular weight is 522 g/mol. The molecule has 12 heteroatoms. The molecule has 2 aliphatic rings. The molecule has 1 aliphatic heterocycles. The van der Waals surface area contributed by atoms with Crippen molar-refractivity contribution in [2.75, 3.05) is 17.8 Å². The van der Waals surface area contributed by atoms with E-state index in [0.717, 1.165) is 0 Å². The van der Waals surface area contributed by atoms with Crippen molar-refractivity contribution in [3.8, 4) is 6.07 Å². The summed E-state index contributed by atoms with van der Waals surface area (Å²) in [4.78, 5) is 26.2. The number of anilines is 1. The summed E-state index contributed by atoms with van der Waals surface area (Å²) < 4.78 is 5.19. The largest absolute Gasteiger partial charge is 0.468 e. The smallest absolute Gasteiger partial charge is 0.316 e. The van der Waals surface area contributed by atoms with Crippen LogP contribution in [0.3, 0.4) is 0 Å². The van der Waals surface area contributed by atoms with Crippen LogP contribution in [0.1, 0.15) is 30.7 Å². The van der Waals surface area contributed by atoms with Crippen LogP contribution in [0.25, 0.3) is 0 Å². The highest BCUT2D eigenvalue weighted by atomic mass is 35.5. The topological polar surface area (TPSA) is 122 Å². The van der Waals surface area contributed by atoms with Gasteiger partial charge in [-0.1, -0.05) is 58.4 Å². The monoisotopic (exact) mass is 521 g/mol. The fourth-order valence-electron chi connectivity index (χ4n) is 3.89. The van der Waals surface area contributed by atoms with E-state index in [9.17, 15) is 14.9 Å². The van der Waals surface area contributed by atoms with Gasteiger partial charge in [0, 0.05) is 17.7 Å². The second kappa shape index (κ2) is 9.73. The lowest BCUT2D eigenvalue weighted by Crippen LogP contribution is -2.38. The molecule has 1 aromatic heterocycles. The van der Waals surface area contributed by atoms with E-state index in [-0.39, 0.29) is 33.9 Å². The first-order valence-electron chi connectivity index (χ1n) is 9.80. The van der Waals surface area contributed by atoms with Gasteiger partial charge in [0.05, 0.1) is 40.5 Å². The molecule has 2 aromatic rings. The van der Waals surface area contributed by atoms with E-state index < -0.39 is 5.92 Å². The zero-order chi connectivity index (χ0) is 23.7. The molecule has 1 atom stereocenters. The molecule has 0 bridgehead atoms. The second-order valence-electron chi connectivity index (χ2n) is 7.17. The second-order valence-corrected chi connectivity index (χ2v) is 10.1. The van der Waals surface area contributed by atoms with Crippen LogP contribution in [-0.2, 0) is 14.3 Å². The molecular weight excluding hydrogens is 505 g/mol. The molecule has 0 saturated carbocycles. The zero-order valence-corrected chi connectivity index (χ0v) is 20.4. The van der Waals surface area contributed by atoms with E-state index in [1.807, 2.05) is 0 Å². The number of thioether (sulfide) groups is 1. The van der Waals surface area contributed by atoms with Gasteiger partial charge in [0.15, 0.2) is 10.1 Å². The van der Waals surface area contributed by atoms with Crippen molar-refractivity contribution in [3.63, 3.8) is 0 Å². The van der Waals surface area contributed by atoms with Crippen molar-refractivity contribution in [1.29, 1.82) is 5.26 Å². The molecule has 2 N–H and O–H groups in total. The molecule has 0 spiro atoms. The summed E-state index contributed by atoms with van der Waals surface area (Å²) in [5.41, 5.74) is 8.39. The fraction of sp³-hybridized carbons (Fsp3) is 0.286. The molecule has 0 fully saturated rings. The third-order valence-corrected chi connectivity index (χ3v) is 8.18. The number of hydrogen-bond donors (Lipinski definition) is 1. The summed E-state index contributed by atoms with van der Waals surface area (Å²) in [5.74, 6) is -0.937. The van der Waals surface area contributed by atoms with Gasteiger partial charge in [0.2, 0.25) is 5.13 Å². The lowest BCUT2D eigenvalue weighted by atomic mass is 9.76. The minimum atomic E-state index is -0.721. The fourth-order valence-corrected chi connectivity index (χ4v) is 6.02. The van der Waals surface area contributed by atoms with Gasteiger partial charge in [-0.2, -0.15) is 5.26 Å². The number of carbonyl (C=O) groups is 2. The maximum atomic E-state index is 13.1. The third kappa shape index (κ3) is 4.34. The predicted molar refractivity (Wildman–Crippen MR) is 127 cm³/mol. The highest BCUT2D eigenvalue weighted by Crippen LogP contribution is 2.49. The van der Waals surface area contributed by atoms with Crippen LogP contribution >= 0.6 is 46.3 Å². The first-order valence-corrected chi connectivity index (χ1v) is 12.4. The van der Waals surface area contributed by atoms with Crippen LogP contribution < -0.4 is 10.6 Å². The summed E-state index contributed by atoms with van der Waals surface area (Å²) in [6, 6.07) is 7.29. The van der Waals surface area contributed by atoms with E-state index in [4.69, 9.17) is 28.9 Å². The number of nitrogens with zero attached hydrogens (tertiary/aromatic N) is 4. The lowest BCUT2D eigenvalue weighted by molar-refractivity contribution is -0.137. The molecule has 2 heterocycles. The normalized spacial score (nSPS) is 18.3. The zero-order valence-electron chi connectivity index (χ0n) is 17.3. The maximum absolute atomic E-state index is 13.1. The molecule has 4 rings (SSSR count). The third-order valence-electron chi connectivity index (χ3n) is 5.33. The molecule has 1 aliphatic carbocycles. The molecule has 0 amide bonds.